The van der Waals surface area contributed by atoms with Crippen molar-refractivity contribution in [3.63, 3.8) is 0 Å². The number of aliphatic carboxylic acids is 1. The smallest absolute Gasteiger partial charge is 0.416 e. The molecule has 1 saturated heterocycles. The normalized spacial score (nSPS) is 21.9. The van der Waals surface area contributed by atoms with Gasteiger partial charge in [-0.25, -0.2) is 12.8 Å². The fourth-order valence-corrected chi connectivity index (χ4v) is 5.47. The van der Waals surface area contributed by atoms with Gasteiger partial charge >= 0.3 is 12.1 Å². The first-order valence-corrected chi connectivity index (χ1v) is 11.8. The number of sulfonamides is 1. The molecule has 0 radical (unpaired) electrons. The molecular formula is C22H23F4NO6S. The van der Waals surface area contributed by atoms with E-state index in [0.717, 1.165) is 16.4 Å². The lowest BCUT2D eigenvalue weighted by Gasteiger charge is -2.41. The Bertz CT molecular complexity index is 1150. The van der Waals surface area contributed by atoms with Gasteiger partial charge in [-0.15, -0.1) is 0 Å². The third-order valence-electron chi connectivity index (χ3n) is 5.82. The van der Waals surface area contributed by atoms with Gasteiger partial charge in [-0.1, -0.05) is 6.92 Å². The quantitative estimate of drug-likeness (QED) is 0.555. The van der Waals surface area contributed by atoms with Crippen LogP contribution in [0, 0.1) is 5.82 Å². The molecule has 2 aromatic carbocycles. The molecule has 2 N–H and O–H groups in total. The Morgan fingerprint density at radius 1 is 1.21 bits per heavy atom. The van der Waals surface area contributed by atoms with E-state index in [4.69, 9.17) is 4.74 Å². The lowest BCUT2D eigenvalue weighted by molar-refractivity contribution is -0.145. The minimum Gasteiger partial charge on any atom is -0.489 e. The number of carbonyl (C=O) groups is 1. The molecule has 0 spiro atoms. The zero-order chi connectivity index (χ0) is 25.3. The zero-order valence-electron chi connectivity index (χ0n) is 18.0. The Balaban J connectivity index is 1.81. The van der Waals surface area contributed by atoms with Crippen molar-refractivity contribution in [3.05, 3.63) is 59.4 Å². The molecular weight excluding hydrogens is 482 g/mol. The highest BCUT2D eigenvalue weighted by Gasteiger charge is 2.45. The zero-order valence-corrected chi connectivity index (χ0v) is 18.9. The molecule has 0 amide bonds. The topological polar surface area (TPSA) is 104 Å². The standard InChI is InChI=1S/C22H23F4NO6S/c1-2-21(30)10-9-19(20(28)29)27(13-21)34(31,32)17-6-4-16(5-7-17)33-12-14-11-15(23)3-8-18(14)22(24,25)26/h3-8,11,19,30H,2,9-10,12-13H2,1H3,(H,28,29). The van der Waals surface area contributed by atoms with Crippen molar-refractivity contribution in [2.75, 3.05) is 6.54 Å². The molecule has 12 heteroatoms. The number of carboxylic acid groups (broad SMARTS) is 1. The van der Waals surface area contributed by atoms with E-state index in [1.165, 1.54) is 12.1 Å². The number of rotatable bonds is 7. The largest absolute Gasteiger partial charge is 0.489 e. The Morgan fingerprint density at radius 3 is 2.41 bits per heavy atom. The van der Waals surface area contributed by atoms with Crippen molar-refractivity contribution in [1.29, 1.82) is 0 Å². The van der Waals surface area contributed by atoms with Gasteiger partial charge in [0, 0.05) is 12.1 Å². The minimum atomic E-state index is -4.71. The molecule has 2 atom stereocenters. The predicted octanol–water partition coefficient (Wildman–Crippen LogP) is 3.80. The van der Waals surface area contributed by atoms with Crippen molar-refractivity contribution in [1.82, 2.24) is 4.31 Å². The number of ether oxygens (including phenoxy) is 1. The lowest BCUT2D eigenvalue weighted by Crippen LogP contribution is -2.57. The third-order valence-corrected chi connectivity index (χ3v) is 7.69. The van der Waals surface area contributed by atoms with E-state index in [2.05, 4.69) is 0 Å². The Hall–Kier alpha value is -2.70. The van der Waals surface area contributed by atoms with Gasteiger partial charge in [-0.05, 0) is 61.7 Å². The van der Waals surface area contributed by atoms with Gasteiger partial charge < -0.3 is 14.9 Å². The summed E-state index contributed by atoms with van der Waals surface area (Å²) in [5.74, 6) is -2.18. The molecule has 1 aliphatic rings. The van der Waals surface area contributed by atoms with E-state index in [1.807, 2.05) is 0 Å². The van der Waals surface area contributed by atoms with Crippen LogP contribution in [0.2, 0.25) is 0 Å². The van der Waals surface area contributed by atoms with Crippen LogP contribution in [0.4, 0.5) is 17.6 Å². The van der Waals surface area contributed by atoms with Crippen LogP contribution in [0.5, 0.6) is 5.75 Å². The average Bonchev–Trinajstić information content (AvgIpc) is 2.77. The number of alkyl halides is 3. The molecule has 2 aromatic rings. The second-order valence-corrected chi connectivity index (χ2v) is 9.97. The second kappa shape index (κ2) is 9.51. The summed E-state index contributed by atoms with van der Waals surface area (Å²) in [6.07, 6.45) is -4.40. The molecule has 2 unspecified atom stereocenters. The first kappa shape index (κ1) is 25.9. The summed E-state index contributed by atoms with van der Waals surface area (Å²) in [5.41, 5.74) is -2.84. The summed E-state index contributed by atoms with van der Waals surface area (Å²) in [6, 6.07) is 5.31. The Kier molecular flexibility index (Phi) is 7.25. The SMILES string of the molecule is CCC1(O)CCC(C(=O)O)N(S(=O)(=O)c2ccc(OCc3cc(F)ccc3C(F)(F)F)cc2)C1. The molecule has 1 fully saturated rings. The average molecular weight is 505 g/mol. The van der Waals surface area contributed by atoms with Crippen LogP contribution in [0.15, 0.2) is 47.4 Å². The van der Waals surface area contributed by atoms with Gasteiger partial charge in [0.2, 0.25) is 10.0 Å². The van der Waals surface area contributed by atoms with Crippen molar-refractivity contribution in [2.45, 2.75) is 55.5 Å². The maximum absolute atomic E-state index is 13.4. The second-order valence-electron chi connectivity index (χ2n) is 8.08. The van der Waals surface area contributed by atoms with E-state index in [-0.39, 0.29) is 36.5 Å². The number of aliphatic hydroxyl groups is 1. The van der Waals surface area contributed by atoms with Crippen LogP contribution in [0.25, 0.3) is 0 Å². The Labute approximate surface area is 193 Å². The summed E-state index contributed by atoms with van der Waals surface area (Å²) in [4.78, 5) is 11.4. The lowest BCUT2D eigenvalue weighted by atomic mass is 9.88. The van der Waals surface area contributed by atoms with Gasteiger partial charge in [-0.3, -0.25) is 4.79 Å². The van der Waals surface area contributed by atoms with Gasteiger partial charge in [0.15, 0.2) is 0 Å². The Morgan fingerprint density at radius 2 is 1.85 bits per heavy atom. The van der Waals surface area contributed by atoms with Crippen molar-refractivity contribution in [3.8, 4) is 5.75 Å². The molecule has 0 saturated carbocycles. The first-order valence-electron chi connectivity index (χ1n) is 10.3. The fourth-order valence-electron chi connectivity index (χ4n) is 3.78. The van der Waals surface area contributed by atoms with Crippen LogP contribution in [-0.4, -0.2) is 47.1 Å². The highest BCUT2D eigenvalue weighted by Crippen LogP contribution is 2.34. The van der Waals surface area contributed by atoms with E-state index >= 15 is 0 Å². The number of hydrogen-bond donors (Lipinski definition) is 2. The number of carboxylic acids is 1. The molecule has 1 heterocycles. The first-order chi connectivity index (χ1) is 15.8. The number of benzene rings is 2. The molecule has 1 aliphatic heterocycles. The summed E-state index contributed by atoms with van der Waals surface area (Å²) in [7, 11) is -4.31. The van der Waals surface area contributed by atoms with Gasteiger partial charge in [0.25, 0.3) is 0 Å². The maximum atomic E-state index is 13.4. The molecule has 3 rings (SSSR count). The number of hydrogen-bond acceptors (Lipinski definition) is 5. The van der Waals surface area contributed by atoms with Gasteiger partial charge in [0.05, 0.1) is 16.1 Å². The highest BCUT2D eigenvalue weighted by molar-refractivity contribution is 7.89. The monoisotopic (exact) mass is 505 g/mol. The van der Waals surface area contributed by atoms with Crippen molar-refractivity contribution < 1.29 is 45.7 Å². The van der Waals surface area contributed by atoms with Crippen LogP contribution >= 0.6 is 0 Å². The van der Waals surface area contributed by atoms with Crippen LogP contribution in [0.1, 0.15) is 37.3 Å². The molecule has 0 aliphatic carbocycles. The summed E-state index contributed by atoms with van der Waals surface area (Å²) < 4.78 is 85.1. The molecule has 186 valence electrons. The number of β-amino-alcohol motifs (C(OH)–C–C–N with tert-alkyl or cyclic N) is 1. The molecule has 34 heavy (non-hydrogen) atoms. The van der Waals surface area contributed by atoms with E-state index in [1.54, 1.807) is 6.92 Å². The number of halogens is 4. The van der Waals surface area contributed by atoms with E-state index < -0.39 is 57.4 Å². The fraction of sp³-hybridized carbons (Fsp3) is 0.409. The summed E-state index contributed by atoms with van der Waals surface area (Å²) >= 11 is 0. The number of piperidine rings is 1. The van der Waals surface area contributed by atoms with Gasteiger partial charge in [-0.2, -0.15) is 17.5 Å². The highest BCUT2D eigenvalue weighted by atomic mass is 32.2. The predicted molar refractivity (Wildman–Crippen MR) is 112 cm³/mol. The van der Waals surface area contributed by atoms with E-state index in [0.29, 0.717) is 18.2 Å². The molecule has 0 aromatic heterocycles. The third kappa shape index (κ3) is 5.50. The number of nitrogens with zero attached hydrogens (tertiary/aromatic N) is 1. The minimum absolute atomic E-state index is 0.0230. The maximum Gasteiger partial charge on any atom is 0.416 e. The van der Waals surface area contributed by atoms with Crippen molar-refractivity contribution >= 4 is 16.0 Å². The van der Waals surface area contributed by atoms with Crippen LogP contribution in [-0.2, 0) is 27.6 Å². The van der Waals surface area contributed by atoms with Gasteiger partial charge in [0.1, 0.15) is 24.2 Å². The van der Waals surface area contributed by atoms with E-state index in [9.17, 15) is 41.0 Å². The van der Waals surface area contributed by atoms with Crippen LogP contribution < -0.4 is 4.74 Å². The summed E-state index contributed by atoms with van der Waals surface area (Å²) in [5, 5.41) is 20.0. The van der Waals surface area contributed by atoms with Crippen LogP contribution in [0.3, 0.4) is 0 Å². The molecule has 7 nitrogen and oxygen atoms in total. The molecule has 0 bridgehead atoms. The summed E-state index contributed by atoms with van der Waals surface area (Å²) in [6.45, 7) is 0.664. The van der Waals surface area contributed by atoms with Crippen molar-refractivity contribution in [2.24, 2.45) is 0 Å².